The maximum atomic E-state index is 12.4. The molecule has 3 fully saturated rings. The molecule has 1 heterocycles. The predicted octanol–water partition coefficient (Wildman–Crippen LogP) is 2.72. The van der Waals surface area contributed by atoms with Crippen LogP contribution in [0.3, 0.4) is 0 Å². The molecule has 0 atom stereocenters. The van der Waals surface area contributed by atoms with Crippen LogP contribution in [-0.2, 0) is 9.73 Å². The van der Waals surface area contributed by atoms with E-state index in [1.54, 1.807) is 0 Å². The summed E-state index contributed by atoms with van der Waals surface area (Å²) in [7, 11) is -1.84. The molecule has 1 spiro atoms. The van der Waals surface area contributed by atoms with Crippen LogP contribution in [0.1, 0.15) is 45.4 Å². The third kappa shape index (κ3) is 2.10. The van der Waals surface area contributed by atoms with Gasteiger partial charge < -0.3 is 0 Å². The van der Waals surface area contributed by atoms with Gasteiger partial charge in [0.1, 0.15) is 0 Å². The van der Waals surface area contributed by atoms with E-state index in [0.29, 0.717) is 6.04 Å². The lowest BCUT2D eigenvalue weighted by Crippen LogP contribution is -2.51. The number of nitrogens with zero attached hydrogens (tertiary/aromatic N) is 2. The molecular formula is C13H20N2OS. The first-order valence-corrected chi connectivity index (χ1v) is 8.45. The minimum absolute atomic E-state index is 0.130. The lowest BCUT2D eigenvalue weighted by molar-refractivity contribution is 0.153. The van der Waals surface area contributed by atoms with Gasteiger partial charge in [-0.1, -0.05) is 0 Å². The molecule has 0 aromatic heterocycles. The van der Waals surface area contributed by atoms with Crippen LogP contribution in [0.2, 0.25) is 0 Å². The van der Waals surface area contributed by atoms with Crippen molar-refractivity contribution in [3.63, 3.8) is 0 Å². The molecule has 0 bridgehead atoms. The molecule has 94 valence electrons. The quantitative estimate of drug-likeness (QED) is 0.720. The van der Waals surface area contributed by atoms with Crippen molar-refractivity contribution in [2.45, 2.75) is 51.5 Å². The molecule has 3 nitrogen and oxygen atoms in total. The van der Waals surface area contributed by atoms with Gasteiger partial charge in [-0.3, -0.25) is 0 Å². The van der Waals surface area contributed by atoms with Crippen LogP contribution in [0.5, 0.6) is 0 Å². The molecule has 2 aliphatic carbocycles. The van der Waals surface area contributed by atoms with Gasteiger partial charge in [0, 0.05) is 21.2 Å². The van der Waals surface area contributed by atoms with E-state index in [2.05, 4.69) is 17.4 Å². The van der Waals surface area contributed by atoms with E-state index >= 15 is 0 Å². The van der Waals surface area contributed by atoms with Gasteiger partial charge in [-0.2, -0.15) is 5.26 Å². The zero-order valence-electron chi connectivity index (χ0n) is 10.4. The van der Waals surface area contributed by atoms with Crippen molar-refractivity contribution in [3.8, 4) is 6.07 Å². The van der Waals surface area contributed by atoms with Crippen molar-refractivity contribution in [3.05, 3.63) is 0 Å². The normalized spacial score (nSPS) is 49.4. The minimum atomic E-state index is -1.84. The van der Waals surface area contributed by atoms with Crippen LogP contribution in [0, 0.1) is 22.2 Å². The van der Waals surface area contributed by atoms with Gasteiger partial charge in [0.2, 0.25) is 0 Å². The van der Waals surface area contributed by atoms with Crippen LogP contribution < -0.4 is 0 Å². The molecular weight excluding hydrogens is 232 g/mol. The van der Waals surface area contributed by atoms with Gasteiger partial charge in [0.25, 0.3) is 0 Å². The second kappa shape index (κ2) is 3.47. The van der Waals surface area contributed by atoms with Crippen LogP contribution in [0.4, 0.5) is 0 Å². The van der Waals surface area contributed by atoms with Crippen molar-refractivity contribution >= 4 is 9.73 Å². The molecule has 3 rings (SSSR count). The summed E-state index contributed by atoms with van der Waals surface area (Å²) in [5.74, 6) is 1.63. The van der Waals surface area contributed by atoms with Crippen molar-refractivity contribution in [2.75, 3.05) is 11.5 Å². The molecule has 17 heavy (non-hydrogen) atoms. The molecule has 2 saturated carbocycles. The fourth-order valence-electron chi connectivity index (χ4n) is 3.17. The van der Waals surface area contributed by atoms with Gasteiger partial charge in [0.05, 0.1) is 17.5 Å². The van der Waals surface area contributed by atoms with E-state index < -0.39 is 9.73 Å². The van der Waals surface area contributed by atoms with Crippen molar-refractivity contribution in [1.29, 1.82) is 5.26 Å². The minimum Gasteiger partial charge on any atom is -0.250 e. The Labute approximate surface area is 104 Å². The fourth-order valence-corrected chi connectivity index (χ4v) is 6.48. The molecule has 1 aliphatic heterocycles. The lowest BCUT2D eigenvalue weighted by atomic mass is 9.66. The predicted molar refractivity (Wildman–Crippen MR) is 67.9 cm³/mol. The first-order chi connectivity index (χ1) is 7.97. The van der Waals surface area contributed by atoms with Crippen molar-refractivity contribution in [2.24, 2.45) is 15.2 Å². The fraction of sp³-hybridized carbons (Fsp3) is 0.923. The average Bonchev–Trinajstić information content (AvgIpc) is 3.04. The highest BCUT2D eigenvalue weighted by atomic mass is 32.2. The maximum absolute atomic E-state index is 12.4. The zero-order valence-corrected chi connectivity index (χ0v) is 11.3. The summed E-state index contributed by atoms with van der Waals surface area (Å²) in [5.41, 5.74) is 0.154. The van der Waals surface area contributed by atoms with Crippen LogP contribution in [0.15, 0.2) is 4.36 Å². The Bertz CT molecular complexity index is 470. The molecule has 3 aliphatic rings. The SMILES string of the molecule is CC1(C#N)CCC2(CC1)CS(=O)(=NC1CC1)C2. The zero-order chi connectivity index (χ0) is 12.1. The highest BCUT2D eigenvalue weighted by Gasteiger charge is 2.51. The third-order valence-electron chi connectivity index (χ3n) is 4.64. The van der Waals surface area contributed by atoms with Gasteiger partial charge in [-0.25, -0.2) is 8.57 Å². The van der Waals surface area contributed by atoms with E-state index in [-0.39, 0.29) is 10.8 Å². The maximum Gasteiger partial charge on any atom is 0.0686 e. The summed E-state index contributed by atoms with van der Waals surface area (Å²) in [5, 5.41) is 9.12. The van der Waals surface area contributed by atoms with Crippen LogP contribution in [-0.4, -0.2) is 21.8 Å². The summed E-state index contributed by atoms with van der Waals surface area (Å²) in [6, 6.07) is 2.86. The Morgan fingerprint density at radius 1 is 1.24 bits per heavy atom. The topological polar surface area (TPSA) is 53.2 Å². The molecule has 0 radical (unpaired) electrons. The first-order valence-electron chi connectivity index (χ1n) is 6.60. The monoisotopic (exact) mass is 252 g/mol. The van der Waals surface area contributed by atoms with E-state index in [0.717, 1.165) is 50.0 Å². The second-order valence-electron chi connectivity index (χ2n) is 6.57. The smallest absolute Gasteiger partial charge is 0.0686 e. The second-order valence-corrected chi connectivity index (χ2v) is 8.90. The Morgan fingerprint density at radius 2 is 1.82 bits per heavy atom. The number of hydrogen-bond donors (Lipinski definition) is 0. The number of rotatable bonds is 1. The van der Waals surface area contributed by atoms with Gasteiger partial charge >= 0.3 is 0 Å². The first kappa shape index (κ1) is 11.5. The van der Waals surface area contributed by atoms with Crippen molar-refractivity contribution < 1.29 is 4.21 Å². The lowest BCUT2D eigenvalue weighted by Gasteiger charge is -2.49. The van der Waals surface area contributed by atoms with Crippen molar-refractivity contribution in [1.82, 2.24) is 0 Å². The van der Waals surface area contributed by atoms with Gasteiger partial charge in [0.15, 0.2) is 0 Å². The van der Waals surface area contributed by atoms with E-state index in [9.17, 15) is 4.21 Å². The highest BCUT2D eigenvalue weighted by molar-refractivity contribution is 7.95. The molecule has 0 aromatic carbocycles. The summed E-state index contributed by atoms with van der Waals surface area (Å²) in [6.45, 7) is 2.06. The Hall–Kier alpha value is -0.560. The largest absolute Gasteiger partial charge is 0.250 e. The third-order valence-corrected chi connectivity index (χ3v) is 7.44. The summed E-state index contributed by atoms with van der Waals surface area (Å²) in [6.07, 6.45) is 6.40. The standard InChI is InChI=1S/C13H20N2OS/c1-12(8-14)4-6-13(7-5-12)9-17(16,10-13)15-11-2-3-11/h11H,2-7,9-10H2,1H3. The molecule has 4 heteroatoms. The molecule has 0 aromatic rings. The highest BCUT2D eigenvalue weighted by Crippen LogP contribution is 2.51. The Balaban J connectivity index is 1.66. The molecule has 0 N–H and O–H groups in total. The Morgan fingerprint density at radius 3 is 2.29 bits per heavy atom. The average molecular weight is 252 g/mol. The molecule has 1 saturated heterocycles. The van der Waals surface area contributed by atoms with E-state index in [4.69, 9.17) is 5.26 Å². The summed E-state index contributed by atoms with van der Waals surface area (Å²) < 4.78 is 16.9. The molecule has 0 amide bonds. The van der Waals surface area contributed by atoms with Crippen LogP contribution >= 0.6 is 0 Å². The molecule has 0 unspecified atom stereocenters. The number of nitriles is 1. The van der Waals surface area contributed by atoms with Gasteiger partial charge in [-0.05, 0) is 50.9 Å². The van der Waals surface area contributed by atoms with Gasteiger partial charge in [-0.15, -0.1) is 0 Å². The summed E-state index contributed by atoms with van der Waals surface area (Å²) in [4.78, 5) is 0. The van der Waals surface area contributed by atoms with E-state index in [1.807, 2.05) is 0 Å². The van der Waals surface area contributed by atoms with Crippen LogP contribution in [0.25, 0.3) is 0 Å². The van der Waals surface area contributed by atoms with E-state index in [1.165, 1.54) is 0 Å². The number of hydrogen-bond acceptors (Lipinski definition) is 3. The summed E-state index contributed by atoms with van der Waals surface area (Å²) >= 11 is 0. The Kier molecular flexibility index (Phi) is 2.36.